The van der Waals surface area contributed by atoms with Gasteiger partial charge in [0.15, 0.2) is 0 Å². The van der Waals surface area contributed by atoms with Gasteiger partial charge >= 0.3 is 0 Å². The lowest BCUT2D eigenvalue weighted by atomic mass is 9.96. The fourth-order valence-electron chi connectivity index (χ4n) is 2.25. The lowest BCUT2D eigenvalue weighted by molar-refractivity contribution is 0.0715. The van der Waals surface area contributed by atoms with E-state index in [2.05, 4.69) is 35.0 Å². The average molecular weight is 283 g/mol. The molecule has 0 spiro atoms. The van der Waals surface area contributed by atoms with Crippen LogP contribution in [0.1, 0.15) is 12.5 Å². The number of thiophene rings is 1. The summed E-state index contributed by atoms with van der Waals surface area (Å²) in [5, 5.41) is 17.2. The Morgan fingerprint density at radius 3 is 2.70 bits per heavy atom. The standard InChI is InChI=1S/C17H17NOS/c1-17(19,14-5-3-2-4-6-14)12-18-15-7-8-16-13(11-15)9-10-20-16/h2-11,18-19H,12H2,1H3. The first-order valence-electron chi connectivity index (χ1n) is 6.64. The molecule has 0 saturated carbocycles. The van der Waals surface area contributed by atoms with Crippen molar-refractivity contribution < 1.29 is 5.11 Å². The molecular weight excluding hydrogens is 266 g/mol. The lowest BCUT2D eigenvalue weighted by Gasteiger charge is -2.24. The molecule has 0 saturated heterocycles. The van der Waals surface area contributed by atoms with Crippen molar-refractivity contribution in [2.45, 2.75) is 12.5 Å². The molecule has 3 aromatic rings. The van der Waals surface area contributed by atoms with E-state index in [0.29, 0.717) is 6.54 Å². The zero-order valence-corrected chi connectivity index (χ0v) is 12.2. The SMILES string of the molecule is CC(O)(CNc1ccc2sccc2c1)c1ccccc1. The second kappa shape index (κ2) is 5.27. The predicted molar refractivity (Wildman–Crippen MR) is 86.3 cm³/mol. The Morgan fingerprint density at radius 2 is 1.90 bits per heavy atom. The summed E-state index contributed by atoms with van der Waals surface area (Å²) >= 11 is 1.74. The maximum absolute atomic E-state index is 10.6. The summed E-state index contributed by atoms with van der Waals surface area (Å²) in [7, 11) is 0. The first kappa shape index (κ1) is 13.2. The van der Waals surface area contributed by atoms with E-state index in [1.54, 1.807) is 11.3 Å². The van der Waals surface area contributed by atoms with Gasteiger partial charge in [-0.1, -0.05) is 30.3 Å². The van der Waals surface area contributed by atoms with E-state index in [1.165, 1.54) is 10.1 Å². The minimum Gasteiger partial charge on any atom is -0.384 e. The van der Waals surface area contributed by atoms with Gasteiger partial charge in [-0.15, -0.1) is 11.3 Å². The Bertz CT molecular complexity index is 703. The average Bonchev–Trinajstić information content (AvgIpc) is 2.94. The summed E-state index contributed by atoms with van der Waals surface area (Å²) < 4.78 is 1.28. The van der Waals surface area contributed by atoms with Crippen LogP contribution < -0.4 is 5.32 Å². The molecule has 1 unspecified atom stereocenters. The third-order valence-electron chi connectivity index (χ3n) is 3.48. The minimum atomic E-state index is -0.884. The molecule has 0 aliphatic carbocycles. The molecule has 102 valence electrons. The monoisotopic (exact) mass is 283 g/mol. The summed E-state index contributed by atoms with van der Waals surface area (Å²) in [5.41, 5.74) is 1.07. The summed E-state index contributed by atoms with van der Waals surface area (Å²) in [6, 6.07) is 18.1. The second-order valence-electron chi connectivity index (χ2n) is 5.17. The molecule has 2 aromatic carbocycles. The molecule has 1 aromatic heterocycles. The van der Waals surface area contributed by atoms with Gasteiger partial charge < -0.3 is 10.4 Å². The van der Waals surface area contributed by atoms with E-state index in [0.717, 1.165) is 11.3 Å². The van der Waals surface area contributed by atoms with Gasteiger partial charge in [0.25, 0.3) is 0 Å². The molecule has 0 radical (unpaired) electrons. The van der Waals surface area contributed by atoms with E-state index < -0.39 is 5.60 Å². The lowest BCUT2D eigenvalue weighted by Crippen LogP contribution is -2.30. The summed E-state index contributed by atoms with van der Waals surface area (Å²) in [6.07, 6.45) is 0. The van der Waals surface area contributed by atoms with Gasteiger partial charge in [0.05, 0.1) is 0 Å². The third-order valence-corrected chi connectivity index (χ3v) is 4.38. The molecule has 0 bridgehead atoms. The fraction of sp³-hybridized carbons (Fsp3) is 0.176. The molecule has 0 fully saturated rings. The minimum absolute atomic E-state index is 0.479. The topological polar surface area (TPSA) is 32.3 Å². The largest absolute Gasteiger partial charge is 0.384 e. The van der Waals surface area contributed by atoms with Crippen LogP contribution in [0.5, 0.6) is 0 Å². The van der Waals surface area contributed by atoms with Gasteiger partial charge in [0, 0.05) is 16.9 Å². The van der Waals surface area contributed by atoms with E-state index in [4.69, 9.17) is 0 Å². The third kappa shape index (κ3) is 2.69. The summed E-state index contributed by atoms with van der Waals surface area (Å²) in [6.45, 7) is 2.31. The highest BCUT2D eigenvalue weighted by Gasteiger charge is 2.22. The second-order valence-corrected chi connectivity index (χ2v) is 6.11. The van der Waals surface area contributed by atoms with Gasteiger partial charge in [-0.2, -0.15) is 0 Å². The molecule has 0 amide bonds. The van der Waals surface area contributed by atoms with Crippen LogP contribution in [0.15, 0.2) is 60.0 Å². The van der Waals surface area contributed by atoms with Gasteiger partial charge in [-0.3, -0.25) is 0 Å². The zero-order valence-electron chi connectivity index (χ0n) is 11.3. The van der Waals surface area contributed by atoms with Crippen molar-refractivity contribution in [1.82, 2.24) is 0 Å². The van der Waals surface area contributed by atoms with Crippen molar-refractivity contribution in [3.63, 3.8) is 0 Å². The number of anilines is 1. The van der Waals surface area contributed by atoms with Crippen LogP contribution in [-0.4, -0.2) is 11.7 Å². The molecule has 1 atom stereocenters. The number of hydrogen-bond acceptors (Lipinski definition) is 3. The summed E-state index contributed by atoms with van der Waals surface area (Å²) in [5.74, 6) is 0. The summed E-state index contributed by atoms with van der Waals surface area (Å²) in [4.78, 5) is 0. The van der Waals surface area contributed by atoms with E-state index in [1.807, 2.05) is 37.3 Å². The highest BCUT2D eigenvalue weighted by Crippen LogP contribution is 2.25. The van der Waals surface area contributed by atoms with E-state index >= 15 is 0 Å². The molecule has 0 aliphatic heterocycles. The number of rotatable bonds is 4. The number of fused-ring (bicyclic) bond motifs is 1. The van der Waals surface area contributed by atoms with E-state index in [-0.39, 0.29) is 0 Å². The van der Waals surface area contributed by atoms with Gasteiger partial charge in [-0.05, 0) is 47.5 Å². The van der Waals surface area contributed by atoms with Crippen molar-refractivity contribution in [2.75, 3.05) is 11.9 Å². The Hall–Kier alpha value is -1.84. The molecule has 20 heavy (non-hydrogen) atoms. The smallest absolute Gasteiger partial charge is 0.104 e. The van der Waals surface area contributed by atoms with Crippen molar-refractivity contribution in [1.29, 1.82) is 0 Å². The Morgan fingerprint density at radius 1 is 1.10 bits per heavy atom. The van der Waals surface area contributed by atoms with Crippen LogP contribution in [0.4, 0.5) is 5.69 Å². The van der Waals surface area contributed by atoms with Crippen LogP contribution in [-0.2, 0) is 5.60 Å². The highest BCUT2D eigenvalue weighted by molar-refractivity contribution is 7.17. The van der Waals surface area contributed by atoms with Crippen molar-refractivity contribution >= 4 is 27.1 Å². The maximum Gasteiger partial charge on any atom is 0.104 e. The van der Waals surface area contributed by atoms with Gasteiger partial charge in [-0.25, -0.2) is 0 Å². The quantitative estimate of drug-likeness (QED) is 0.751. The predicted octanol–water partition coefficient (Wildman–Crippen LogP) is 4.22. The van der Waals surface area contributed by atoms with Crippen molar-refractivity contribution in [3.05, 3.63) is 65.5 Å². The fourth-order valence-corrected chi connectivity index (χ4v) is 3.02. The van der Waals surface area contributed by atoms with Gasteiger partial charge in [0.2, 0.25) is 0 Å². The number of hydrogen-bond donors (Lipinski definition) is 2. The van der Waals surface area contributed by atoms with Crippen LogP contribution >= 0.6 is 11.3 Å². The molecular formula is C17H17NOS. The van der Waals surface area contributed by atoms with Crippen LogP contribution in [0.25, 0.3) is 10.1 Å². The van der Waals surface area contributed by atoms with Crippen LogP contribution in [0, 0.1) is 0 Å². The van der Waals surface area contributed by atoms with E-state index in [9.17, 15) is 5.11 Å². The first-order valence-corrected chi connectivity index (χ1v) is 7.52. The van der Waals surface area contributed by atoms with Crippen LogP contribution in [0.2, 0.25) is 0 Å². The molecule has 3 heteroatoms. The Balaban J connectivity index is 1.75. The highest BCUT2D eigenvalue weighted by atomic mass is 32.1. The zero-order chi connectivity index (χ0) is 14.0. The molecule has 2 nitrogen and oxygen atoms in total. The van der Waals surface area contributed by atoms with Gasteiger partial charge in [0.1, 0.15) is 5.60 Å². The first-order chi connectivity index (χ1) is 9.65. The Kier molecular flexibility index (Phi) is 3.47. The molecule has 2 N–H and O–H groups in total. The molecule has 1 heterocycles. The van der Waals surface area contributed by atoms with Crippen molar-refractivity contribution in [2.24, 2.45) is 0 Å². The normalized spacial score (nSPS) is 14.1. The maximum atomic E-state index is 10.6. The van der Waals surface area contributed by atoms with Crippen molar-refractivity contribution in [3.8, 4) is 0 Å². The number of aliphatic hydroxyl groups is 1. The molecule has 3 rings (SSSR count). The molecule has 0 aliphatic rings. The number of benzene rings is 2. The Labute approximate surface area is 122 Å². The number of nitrogens with one attached hydrogen (secondary N) is 1. The van der Waals surface area contributed by atoms with Crippen LogP contribution in [0.3, 0.4) is 0 Å².